The minimum atomic E-state index is 0.718. The van der Waals surface area contributed by atoms with E-state index in [1.54, 1.807) is 0 Å². The number of nitrogens with one attached hydrogen (secondary N) is 1. The first-order valence-corrected chi connectivity index (χ1v) is 13.7. The molecule has 0 radical (unpaired) electrons. The molecule has 2 heterocycles. The second-order valence-corrected chi connectivity index (χ2v) is 10.2. The van der Waals surface area contributed by atoms with E-state index in [4.69, 9.17) is 4.42 Å². The van der Waals surface area contributed by atoms with Crippen LogP contribution in [0.1, 0.15) is 5.76 Å². The van der Waals surface area contributed by atoms with E-state index in [1.807, 2.05) is 12.1 Å². The first-order chi connectivity index (χ1) is 19.8. The Morgan fingerprint density at radius 3 is 2.05 bits per heavy atom. The summed E-state index contributed by atoms with van der Waals surface area (Å²) in [4.78, 5) is 2.37. The fourth-order valence-corrected chi connectivity index (χ4v) is 6.00. The molecule has 3 heteroatoms. The summed E-state index contributed by atoms with van der Waals surface area (Å²) in [5.41, 5.74) is 7.58. The maximum Gasteiger partial charge on any atom is 0.175 e. The van der Waals surface area contributed by atoms with Crippen molar-refractivity contribution in [2.24, 2.45) is 0 Å². The molecule has 190 valence electrons. The fraction of sp³-hybridized carbons (Fsp3) is 0.0270. The minimum absolute atomic E-state index is 0.718. The third-order valence-electron chi connectivity index (χ3n) is 7.86. The molecule has 1 aliphatic rings. The fourth-order valence-electron chi connectivity index (χ4n) is 6.00. The van der Waals surface area contributed by atoms with Crippen LogP contribution < -0.4 is 10.2 Å². The van der Waals surface area contributed by atoms with Gasteiger partial charge in [0.25, 0.3) is 0 Å². The van der Waals surface area contributed by atoms with Gasteiger partial charge in [0.2, 0.25) is 0 Å². The van der Waals surface area contributed by atoms with Crippen molar-refractivity contribution in [3.8, 4) is 11.1 Å². The summed E-state index contributed by atoms with van der Waals surface area (Å²) in [6.07, 6.45) is 2.24. The largest absolute Gasteiger partial charge is 0.452 e. The maximum atomic E-state index is 6.55. The molecule has 8 rings (SSSR count). The highest BCUT2D eigenvalue weighted by Crippen LogP contribution is 2.46. The van der Waals surface area contributed by atoms with Gasteiger partial charge in [0.15, 0.2) is 5.76 Å². The summed E-state index contributed by atoms with van der Waals surface area (Å²) in [5, 5.41) is 9.58. The van der Waals surface area contributed by atoms with Crippen molar-refractivity contribution in [2.45, 2.75) is 0 Å². The summed E-state index contributed by atoms with van der Waals surface area (Å²) >= 11 is 0. The predicted molar refractivity (Wildman–Crippen MR) is 168 cm³/mol. The van der Waals surface area contributed by atoms with E-state index >= 15 is 0 Å². The quantitative estimate of drug-likeness (QED) is 0.237. The molecule has 1 N–H and O–H groups in total. The van der Waals surface area contributed by atoms with Crippen molar-refractivity contribution in [1.29, 1.82) is 0 Å². The molecule has 6 aromatic carbocycles. The van der Waals surface area contributed by atoms with E-state index in [0.29, 0.717) is 0 Å². The van der Waals surface area contributed by atoms with Crippen molar-refractivity contribution in [3.05, 3.63) is 145 Å². The van der Waals surface area contributed by atoms with Crippen LogP contribution in [0.5, 0.6) is 0 Å². The van der Waals surface area contributed by atoms with Crippen LogP contribution >= 0.6 is 0 Å². The van der Waals surface area contributed by atoms with E-state index in [9.17, 15) is 0 Å². The zero-order valence-electron chi connectivity index (χ0n) is 21.8. The van der Waals surface area contributed by atoms with Crippen molar-refractivity contribution in [1.82, 2.24) is 0 Å². The van der Waals surface area contributed by atoms with Gasteiger partial charge >= 0.3 is 0 Å². The molecule has 0 aliphatic carbocycles. The summed E-state index contributed by atoms with van der Waals surface area (Å²) < 4.78 is 6.55. The maximum absolute atomic E-state index is 6.55. The number of para-hydroxylation sites is 1. The second kappa shape index (κ2) is 9.18. The lowest BCUT2D eigenvalue weighted by Gasteiger charge is -2.31. The molecule has 0 amide bonds. The van der Waals surface area contributed by atoms with Crippen LogP contribution in [-0.2, 0) is 0 Å². The average molecular weight is 515 g/mol. The Bertz CT molecular complexity index is 2050. The van der Waals surface area contributed by atoms with E-state index in [0.717, 1.165) is 46.0 Å². The molecule has 0 spiro atoms. The molecule has 0 saturated heterocycles. The molecule has 0 saturated carbocycles. The molecule has 40 heavy (non-hydrogen) atoms. The van der Waals surface area contributed by atoms with Crippen LogP contribution in [0.15, 0.2) is 144 Å². The van der Waals surface area contributed by atoms with Crippen LogP contribution in [0.2, 0.25) is 0 Å². The van der Waals surface area contributed by atoms with E-state index in [-0.39, 0.29) is 0 Å². The lowest BCUT2D eigenvalue weighted by Crippen LogP contribution is -2.20. The van der Waals surface area contributed by atoms with Gasteiger partial charge < -0.3 is 14.6 Å². The Labute approximate surface area is 232 Å². The Balaban J connectivity index is 1.39. The summed E-state index contributed by atoms with van der Waals surface area (Å²) in [6.45, 7) is 0.718. The molecule has 0 atom stereocenters. The molecule has 7 aromatic rings. The van der Waals surface area contributed by atoms with Crippen LogP contribution in [0.3, 0.4) is 0 Å². The van der Waals surface area contributed by atoms with Crippen LogP contribution in [0.4, 0.5) is 17.1 Å². The van der Waals surface area contributed by atoms with Gasteiger partial charge in [0, 0.05) is 23.0 Å². The molecular formula is C37H26N2O. The zero-order chi connectivity index (χ0) is 26.5. The highest BCUT2D eigenvalue weighted by atomic mass is 16.3. The molecule has 3 nitrogen and oxygen atoms in total. The zero-order valence-corrected chi connectivity index (χ0v) is 21.8. The van der Waals surface area contributed by atoms with Gasteiger partial charge in [-0.3, -0.25) is 0 Å². The minimum Gasteiger partial charge on any atom is -0.452 e. The molecule has 0 fully saturated rings. The molecular weight excluding hydrogens is 488 g/mol. The van der Waals surface area contributed by atoms with Crippen molar-refractivity contribution in [3.63, 3.8) is 0 Å². The number of hydrogen-bond donors (Lipinski definition) is 1. The highest BCUT2D eigenvalue weighted by Gasteiger charge is 2.28. The van der Waals surface area contributed by atoms with Gasteiger partial charge in [-0.2, -0.15) is 0 Å². The summed E-state index contributed by atoms with van der Waals surface area (Å²) in [6, 6.07) is 47.3. The van der Waals surface area contributed by atoms with Crippen molar-refractivity contribution >= 4 is 55.3 Å². The van der Waals surface area contributed by atoms with Gasteiger partial charge in [-0.05, 0) is 63.7 Å². The van der Waals surface area contributed by atoms with Crippen LogP contribution in [0, 0.1) is 0 Å². The number of furan rings is 1. The van der Waals surface area contributed by atoms with E-state index < -0.39 is 0 Å². The summed E-state index contributed by atoms with van der Waals surface area (Å²) in [7, 11) is 0. The first kappa shape index (κ1) is 22.7. The average Bonchev–Trinajstić information content (AvgIpc) is 3.42. The standard InChI is InChI=1S/C37H26N2O/c1-2-10-25(11-3-1)26-18-20-28(21-19-26)39(33-22-23-38-36-32-16-8-9-17-35(32)40-37(33)36)34-24-27-12-4-5-13-29(27)30-14-6-7-15-31(30)34/h1-22,24,38H,23H2. The number of rotatable bonds is 4. The van der Waals surface area contributed by atoms with Crippen molar-refractivity contribution in [2.75, 3.05) is 16.8 Å². The van der Waals surface area contributed by atoms with Gasteiger partial charge in [-0.25, -0.2) is 0 Å². The SMILES string of the molecule is C1=C(N(c2ccc(-c3ccccc3)cc2)c2cc3ccccc3c3ccccc23)c2oc3ccccc3c2NC1. The smallest absolute Gasteiger partial charge is 0.175 e. The van der Waals surface area contributed by atoms with Crippen LogP contribution in [-0.4, -0.2) is 6.54 Å². The Morgan fingerprint density at radius 2 is 1.23 bits per heavy atom. The number of hydrogen-bond acceptors (Lipinski definition) is 3. The molecule has 0 unspecified atom stereocenters. The number of fused-ring (bicyclic) bond motifs is 6. The third-order valence-corrected chi connectivity index (χ3v) is 7.86. The van der Waals surface area contributed by atoms with Gasteiger partial charge in [0.05, 0.1) is 17.1 Å². The van der Waals surface area contributed by atoms with Crippen molar-refractivity contribution < 1.29 is 4.42 Å². The second-order valence-electron chi connectivity index (χ2n) is 10.2. The normalized spacial score (nSPS) is 12.8. The van der Waals surface area contributed by atoms with E-state index in [1.165, 1.54) is 32.7 Å². The lowest BCUT2D eigenvalue weighted by atomic mass is 9.98. The predicted octanol–water partition coefficient (Wildman–Crippen LogP) is 10.0. The van der Waals surface area contributed by atoms with Crippen LogP contribution in [0.25, 0.3) is 49.3 Å². The Morgan fingerprint density at radius 1 is 0.575 bits per heavy atom. The lowest BCUT2D eigenvalue weighted by molar-refractivity contribution is 0.597. The molecule has 0 bridgehead atoms. The van der Waals surface area contributed by atoms with Gasteiger partial charge in [-0.1, -0.05) is 103 Å². The number of nitrogens with zero attached hydrogens (tertiary/aromatic N) is 1. The highest BCUT2D eigenvalue weighted by molar-refractivity contribution is 6.16. The Hall–Kier alpha value is -5.28. The van der Waals surface area contributed by atoms with Gasteiger partial charge in [0.1, 0.15) is 5.58 Å². The number of benzene rings is 6. The summed E-state index contributed by atoms with van der Waals surface area (Å²) in [5.74, 6) is 0.858. The monoisotopic (exact) mass is 514 g/mol. The molecule has 1 aliphatic heterocycles. The van der Waals surface area contributed by atoms with E-state index in [2.05, 4.69) is 138 Å². The number of anilines is 3. The first-order valence-electron chi connectivity index (χ1n) is 13.7. The Kier molecular flexibility index (Phi) is 5.20. The third kappa shape index (κ3) is 3.59. The van der Waals surface area contributed by atoms with Gasteiger partial charge in [-0.15, -0.1) is 0 Å². The molecule has 1 aromatic heterocycles. The topological polar surface area (TPSA) is 28.4 Å².